The molecule has 0 aliphatic heterocycles. The average Bonchev–Trinajstić information content (AvgIpc) is 2.81. The van der Waals surface area contributed by atoms with E-state index in [4.69, 9.17) is 9.36 Å². The highest BCUT2D eigenvalue weighted by molar-refractivity contribution is 5.83. The molecule has 5 nitrogen and oxygen atoms in total. The van der Waals surface area contributed by atoms with Crippen LogP contribution in [0, 0.1) is 6.92 Å². The Labute approximate surface area is 113 Å². The van der Waals surface area contributed by atoms with E-state index >= 15 is 0 Å². The molecular weight excluding hydrogens is 270 g/mol. The maximum atomic E-state index is 12.2. The zero-order valence-electron chi connectivity index (χ0n) is 10.6. The van der Waals surface area contributed by atoms with Gasteiger partial charge in [-0.2, -0.15) is 8.78 Å². The third-order valence-electron chi connectivity index (χ3n) is 2.28. The number of oxime groups is 1. The molecule has 0 aliphatic carbocycles. The predicted molar refractivity (Wildman–Crippen MR) is 66.7 cm³/mol. The van der Waals surface area contributed by atoms with E-state index in [9.17, 15) is 8.78 Å². The van der Waals surface area contributed by atoms with Gasteiger partial charge in [-0.15, -0.1) is 0 Å². The van der Waals surface area contributed by atoms with Gasteiger partial charge < -0.3 is 14.1 Å². The molecule has 0 aliphatic rings. The van der Waals surface area contributed by atoms with E-state index in [-0.39, 0.29) is 12.4 Å². The van der Waals surface area contributed by atoms with Crippen molar-refractivity contribution in [3.05, 3.63) is 47.3 Å². The fourth-order valence-corrected chi connectivity index (χ4v) is 1.47. The van der Waals surface area contributed by atoms with Gasteiger partial charge in [0.05, 0.1) is 11.9 Å². The number of ether oxygens (including phenoxy) is 1. The summed E-state index contributed by atoms with van der Waals surface area (Å²) >= 11 is 0. The molecule has 2 aromatic rings. The second-order valence-electron chi connectivity index (χ2n) is 3.86. The Hall–Kier alpha value is -2.44. The van der Waals surface area contributed by atoms with Crippen molar-refractivity contribution in [1.29, 1.82) is 0 Å². The lowest BCUT2D eigenvalue weighted by atomic mass is 10.2. The lowest BCUT2D eigenvalue weighted by Crippen LogP contribution is -2.04. The van der Waals surface area contributed by atoms with Gasteiger partial charge >= 0.3 is 6.61 Å². The Balaban J connectivity index is 1.93. The zero-order chi connectivity index (χ0) is 14.4. The third kappa shape index (κ3) is 4.04. The summed E-state index contributed by atoms with van der Waals surface area (Å²) in [6.07, 6.45) is 1.29. The molecule has 0 N–H and O–H groups in total. The molecule has 0 atom stereocenters. The third-order valence-corrected chi connectivity index (χ3v) is 2.28. The van der Waals surface area contributed by atoms with Gasteiger partial charge in [0.1, 0.15) is 5.75 Å². The molecule has 0 saturated heterocycles. The highest BCUT2D eigenvalue weighted by atomic mass is 19.3. The monoisotopic (exact) mass is 282 g/mol. The summed E-state index contributed by atoms with van der Waals surface area (Å²) < 4.78 is 33.7. The molecule has 0 saturated carbocycles. The van der Waals surface area contributed by atoms with Crippen LogP contribution in [0.2, 0.25) is 0 Å². The van der Waals surface area contributed by atoms with Crippen molar-refractivity contribution in [3.8, 4) is 5.75 Å². The first kappa shape index (κ1) is 14.0. The minimum absolute atomic E-state index is 0.0327. The summed E-state index contributed by atoms with van der Waals surface area (Å²) in [4.78, 5) is 4.99. The molecule has 106 valence electrons. The van der Waals surface area contributed by atoms with Gasteiger partial charge in [-0.1, -0.05) is 22.4 Å². The molecule has 0 unspecified atom stereocenters. The standard InChI is InChI=1S/C13H12F2N2O3/c1-9-6-11(20-17-9)8-18-16-7-10-4-2-3-5-12(10)19-13(14)15/h2-7,13H,8H2,1H3/b16-7+. The molecule has 0 bridgehead atoms. The van der Waals surface area contributed by atoms with Gasteiger partial charge in [-0.3, -0.25) is 0 Å². The molecule has 20 heavy (non-hydrogen) atoms. The van der Waals surface area contributed by atoms with Crippen LogP contribution in [0.5, 0.6) is 5.75 Å². The van der Waals surface area contributed by atoms with Gasteiger partial charge in [0.25, 0.3) is 0 Å². The van der Waals surface area contributed by atoms with Gasteiger partial charge in [-0.05, 0) is 19.1 Å². The molecule has 0 fully saturated rings. The highest BCUT2D eigenvalue weighted by Gasteiger charge is 2.07. The van der Waals surface area contributed by atoms with E-state index in [1.165, 1.54) is 12.3 Å². The molecule has 7 heteroatoms. The largest absolute Gasteiger partial charge is 0.434 e. The van der Waals surface area contributed by atoms with Gasteiger partial charge in [0.15, 0.2) is 12.4 Å². The number of aromatic nitrogens is 1. The Morgan fingerprint density at radius 1 is 1.40 bits per heavy atom. The summed E-state index contributed by atoms with van der Waals surface area (Å²) in [5, 5.41) is 7.37. The number of hydrogen-bond donors (Lipinski definition) is 0. The van der Waals surface area contributed by atoms with Crippen LogP contribution in [0.1, 0.15) is 17.0 Å². The molecule has 1 heterocycles. The molecule has 1 aromatic carbocycles. The quantitative estimate of drug-likeness (QED) is 0.603. The second-order valence-corrected chi connectivity index (χ2v) is 3.86. The Kier molecular flexibility index (Phi) is 4.65. The molecule has 0 radical (unpaired) electrons. The topological polar surface area (TPSA) is 56.9 Å². The first-order valence-electron chi connectivity index (χ1n) is 5.76. The number of aryl methyl sites for hydroxylation is 1. The van der Waals surface area contributed by atoms with Crippen LogP contribution in [0.25, 0.3) is 0 Å². The summed E-state index contributed by atoms with van der Waals surface area (Å²) in [5.74, 6) is 0.558. The van der Waals surface area contributed by atoms with Crippen LogP contribution in [0.4, 0.5) is 8.78 Å². The summed E-state index contributed by atoms with van der Waals surface area (Å²) in [5.41, 5.74) is 1.13. The summed E-state index contributed by atoms with van der Waals surface area (Å²) in [7, 11) is 0. The Morgan fingerprint density at radius 2 is 2.20 bits per heavy atom. The molecular formula is C13H12F2N2O3. The Bertz CT molecular complexity index is 585. The van der Waals surface area contributed by atoms with Crippen molar-refractivity contribution >= 4 is 6.21 Å². The predicted octanol–water partition coefficient (Wildman–Crippen LogP) is 3.14. The number of benzene rings is 1. The van der Waals surface area contributed by atoms with E-state index < -0.39 is 6.61 Å². The van der Waals surface area contributed by atoms with Gasteiger partial charge in [0, 0.05) is 11.6 Å². The fraction of sp³-hybridized carbons (Fsp3) is 0.231. The van der Waals surface area contributed by atoms with Crippen LogP contribution in [-0.4, -0.2) is 18.0 Å². The first-order chi connectivity index (χ1) is 9.65. The molecule has 1 aromatic heterocycles. The van der Waals surface area contributed by atoms with Gasteiger partial charge in [-0.25, -0.2) is 0 Å². The van der Waals surface area contributed by atoms with Crippen molar-refractivity contribution in [3.63, 3.8) is 0 Å². The molecule has 0 spiro atoms. The number of halogens is 2. The maximum absolute atomic E-state index is 12.2. The normalized spacial score (nSPS) is 11.2. The van der Waals surface area contributed by atoms with Crippen LogP contribution < -0.4 is 4.74 Å². The lowest BCUT2D eigenvalue weighted by molar-refractivity contribution is -0.0499. The summed E-state index contributed by atoms with van der Waals surface area (Å²) in [6.45, 7) is -0.994. The first-order valence-corrected chi connectivity index (χ1v) is 5.76. The fourth-order valence-electron chi connectivity index (χ4n) is 1.47. The molecule has 2 rings (SSSR count). The number of nitrogens with zero attached hydrogens (tertiary/aromatic N) is 2. The summed E-state index contributed by atoms with van der Waals surface area (Å²) in [6, 6.07) is 7.99. The van der Waals surface area contributed by atoms with Crippen LogP contribution in [-0.2, 0) is 11.4 Å². The molecule has 0 amide bonds. The lowest BCUT2D eigenvalue weighted by Gasteiger charge is -2.06. The highest BCUT2D eigenvalue weighted by Crippen LogP contribution is 2.18. The minimum atomic E-state index is -2.89. The van der Waals surface area contributed by atoms with E-state index in [0.29, 0.717) is 11.3 Å². The SMILES string of the molecule is Cc1cc(CO/N=C/c2ccccc2OC(F)F)on1. The second kappa shape index (κ2) is 6.65. The van der Waals surface area contributed by atoms with Crippen molar-refractivity contribution < 1.29 is 22.9 Å². The van der Waals surface area contributed by atoms with Crippen LogP contribution >= 0.6 is 0 Å². The van der Waals surface area contributed by atoms with Crippen molar-refractivity contribution in [2.75, 3.05) is 0 Å². The zero-order valence-corrected chi connectivity index (χ0v) is 10.6. The van der Waals surface area contributed by atoms with Gasteiger partial charge in [0.2, 0.25) is 0 Å². The average molecular weight is 282 g/mol. The van der Waals surface area contributed by atoms with E-state index in [1.54, 1.807) is 31.2 Å². The van der Waals surface area contributed by atoms with Crippen molar-refractivity contribution in [2.45, 2.75) is 20.1 Å². The van der Waals surface area contributed by atoms with Crippen molar-refractivity contribution in [1.82, 2.24) is 5.16 Å². The van der Waals surface area contributed by atoms with Crippen LogP contribution in [0.3, 0.4) is 0 Å². The smallest absolute Gasteiger partial charge is 0.387 e. The maximum Gasteiger partial charge on any atom is 0.387 e. The number of alkyl halides is 2. The van der Waals surface area contributed by atoms with Crippen molar-refractivity contribution in [2.24, 2.45) is 5.16 Å². The van der Waals surface area contributed by atoms with Crippen LogP contribution in [0.15, 0.2) is 40.0 Å². The van der Waals surface area contributed by atoms with E-state index in [0.717, 1.165) is 5.69 Å². The Morgan fingerprint density at radius 3 is 2.90 bits per heavy atom. The number of para-hydroxylation sites is 1. The van der Waals surface area contributed by atoms with E-state index in [2.05, 4.69) is 15.0 Å². The number of rotatable bonds is 6. The van der Waals surface area contributed by atoms with E-state index in [1.807, 2.05) is 0 Å². The number of hydrogen-bond acceptors (Lipinski definition) is 5. The minimum Gasteiger partial charge on any atom is -0.434 e.